The molecular weight excluding hydrogens is 407 g/mol. The molecule has 1 fully saturated rings. The summed E-state index contributed by atoms with van der Waals surface area (Å²) in [6.45, 7) is 4.67. The summed E-state index contributed by atoms with van der Waals surface area (Å²) in [5.74, 6) is -0.462. The highest BCUT2D eigenvalue weighted by atomic mass is 32.2. The molecule has 0 unspecified atom stereocenters. The van der Waals surface area contributed by atoms with Gasteiger partial charge in [0.2, 0.25) is 10.0 Å². The van der Waals surface area contributed by atoms with Crippen molar-refractivity contribution in [2.45, 2.75) is 4.90 Å². The number of sulfonamides is 1. The van der Waals surface area contributed by atoms with Crippen LogP contribution in [0.5, 0.6) is 0 Å². The van der Waals surface area contributed by atoms with Gasteiger partial charge in [0.1, 0.15) is 5.82 Å². The van der Waals surface area contributed by atoms with Crippen molar-refractivity contribution in [1.29, 1.82) is 0 Å². The van der Waals surface area contributed by atoms with Gasteiger partial charge < -0.3 is 10.2 Å². The number of halogens is 1. The average Bonchev–Trinajstić information content (AvgIpc) is 2.75. The lowest BCUT2D eigenvalue weighted by atomic mass is 10.2. The van der Waals surface area contributed by atoms with Crippen LogP contribution in [0, 0.1) is 5.82 Å². The van der Waals surface area contributed by atoms with E-state index >= 15 is 0 Å². The van der Waals surface area contributed by atoms with Gasteiger partial charge in [-0.15, -0.1) is 0 Å². The number of piperazine rings is 1. The minimum atomic E-state index is -3.51. The average molecular weight is 435 g/mol. The molecule has 0 saturated carbocycles. The first-order valence-corrected chi connectivity index (χ1v) is 11.2. The number of amides is 1. The third-order valence-corrected chi connectivity index (χ3v) is 7.00. The molecule has 1 amide bonds. The fourth-order valence-electron chi connectivity index (χ4n) is 3.30. The normalized spacial score (nSPS) is 15.4. The quantitative estimate of drug-likeness (QED) is 0.717. The van der Waals surface area contributed by atoms with Gasteiger partial charge in [-0.05, 0) is 48.5 Å². The molecule has 0 atom stereocenters. The Morgan fingerprint density at radius 3 is 2.17 bits per heavy atom. The second-order valence-corrected chi connectivity index (χ2v) is 9.52. The Kier molecular flexibility index (Phi) is 7.06. The van der Waals surface area contributed by atoms with Crippen molar-refractivity contribution in [1.82, 2.24) is 14.5 Å². The van der Waals surface area contributed by atoms with Crippen molar-refractivity contribution >= 4 is 21.6 Å². The fourth-order valence-corrected chi connectivity index (χ4v) is 4.20. The van der Waals surface area contributed by atoms with Crippen molar-refractivity contribution < 1.29 is 17.6 Å². The van der Waals surface area contributed by atoms with Crippen LogP contribution in [0.3, 0.4) is 0 Å². The van der Waals surface area contributed by atoms with E-state index in [1.807, 2.05) is 0 Å². The van der Waals surface area contributed by atoms with E-state index in [0.717, 1.165) is 42.7 Å². The van der Waals surface area contributed by atoms with Crippen molar-refractivity contribution in [2.75, 3.05) is 58.3 Å². The molecule has 0 aromatic heterocycles. The van der Waals surface area contributed by atoms with Crippen molar-refractivity contribution in [2.24, 2.45) is 0 Å². The maximum absolute atomic E-state index is 13.1. The smallest absolute Gasteiger partial charge is 0.251 e. The van der Waals surface area contributed by atoms with Crippen molar-refractivity contribution in [3.8, 4) is 0 Å². The van der Waals surface area contributed by atoms with Gasteiger partial charge in [0, 0.05) is 64.6 Å². The van der Waals surface area contributed by atoms with E-state index in [1.54, 1.807) is 12.1 Å². The molecule has 1 N–H and O–H groups in total. The maximum atomic E-state index is 13.1. The number of anilines is 1. The lowest BCUT2D eigenvalue weighted by Gasteiger charge is -2.36. The number of benzene rings is 2. The van der Waals surface area contributed by atoms with Crippen LogP contribution in [0.2, 0.25) is 0 Å². The summed E-state index contributed by atoms with van der Waals surface area (Å²) < 4.78 is 38.4. The lowest BCUT2D eigenvalue weighted by molar-refractivity contribution is 0.0947. The van der Waals surface area contributed by atoms with E-state index in [0.29, 0.717) is 12.1 Å². The molecule has 1 saturated heterocycles. The molecule has 3 rings (SSSR count). The monoisotopic (exact) mass is 434 g/mol. The number of nitrogens with zero attached hydrogens (tertiary/aromatic N) is 3. The number of nitrogens with one attached hydrogen (secondary N) is 1. The van der Waals surface area contributed by atoms with Crippen LogP contribution in [0.4, 0.5) is 10.1 Å². The highest BCUT2D eigenvalue weighted by Crippen LogP contribution is 2.17. The molecule has 2 aromatic carbocycles. The lowest BCUT2D eigenvalue weighted by Crippen LogP contribution is -2.48. The van der Waals surface area contributed by atoms with Crippen molar-refractivity contribution in [3.63, 3.8) is 0 Å². The first kappa shape index (κ1) is 22.2. The molecule has 1 aliphatic heterocycles. The van der Waals surface area contributed by atoms with Crippen LogP contribution < -0.4 is 10.2 Å². The molecule has 0 spiro atoms. The van der Waals surface area contributed by atoms with Crippen molar-refractivity contribution in [3.05, 3.63) is 59.9 Å². The molecule has 30 heavy (non-hydrogen) atoms. The highest BCUT2D eigenvalue weighted by Gasteiger charge is 2.19. The molecule has 1 aliphatic rings. The Hall–Kier alpha value is -2.49. The largest absolute Gasteiger partial charge is 0.369 e. The Morgan fingerprint density at radius 2 is 1.60 bits per heavy atom. The van der Waals surface area contributed by atoms with E-state index in [1.165, 1.54) is 50.5 Å². The van der Waals surface area contributed by atoms with Gasteiger partial charge >= 0.3 is 0 Å². The van der Waals surface area contributed by atoms with Gasteiger partial charge in [-0.2, -0.15) is 0 Å². The third kappa shape index (κ3) is 5.35. The Balaban J connectivity index is 1.43. The number of hydrogen-bond donors (Lipinski definition) is 1. The van der Waals surface area contributed by atoms with Crippen LogP contribution >= 0.6 is 0 Å². The van der Waals surface area contributed by atoms with Gasteiger partial charge in [0.15, 0.2) is 0 Å². The van der Waals surface area contributed by atoms with Gasteiger partial charge in [-0.25, -0.2) is 17.1 Å². The second-order valence-electron chi connectivity index (χ2n) is 7.37. The molecule has 0 bridgehead atoms. The van der Waals surface area contributed by atoms with E-state index in [2.05, 4.69) is 15.1 Å². The summed E-state index contributed by atoms with van der Waals surface area (Å²) in [5, 5.41) is 2.88. The van der Waals surface area contributed by atoms with Gasteiger partial charge in [-0.1, -0.05) is 0 Å². The van der Waals surface area contributed by atoms with Crippen LogP contribution in [0.15, 0.2) is 53.4 Å². The summed E-state index contributed by atoms with van der Waals surface area (Å²) in [6.07, 6.45) is 0. The molecule has 0 radical (unpaired) electrons. The third-order valence-electron chi connectivity index (χ3n) is 5.17. The molecule has 9 heteroatoms. The van der Waals surface area contributed by atoms with Gasteiger partial charge in [-0.3, -0.25) is 9.69 Å². The Labute approximate surface area is 177 Å². The predicted octanol–water partition coefficient (Wildman–Crippen LogP) is 1.63. The Bertz CT molecular complexity index is 955. The zero-order valence-electron chi connectivity index (χ0n) is 17.2. The standard InChI is InChI=1S/C21H27FN4O3S/c1-24(2)30(28,29)20-9-3-17(4-10-20)21(27)23-11-12-25-13-15-26(16-14-25)19-7-5-18(22)6-8-19/h3-10H,11-16H2,1-2H3,(H,23,27). The van der Waals surface area contributed by atoms with Crippen LogP contribution in [-0.4, -0.2) is 76.9 Å². The van der Waals surface area contributed by atoms with E-state index in [9.17, 15) is 17.6 Å². The number of hydrogen-bond acceptors (Lipinski definition) is 5. The van der Waals surface area contributed by atoms with E-state index in [-0.39, 0.29) is 16.6 Å². The molecule has 162 valence electrons. The minimum absolute atomic E-state index is 0.156. The van der Waals surface area contributed by atoms with Crippen LogP contribution in [-0.2, 0) is 10.0 Å². The summed E-state index contributed by atoms with van der Waals surface area (Å²) >= 11 is 0. The summed E-state index contributed by atoms with van der Waals surface area (Å²) in [4.78, 5) is 17.0. The minimum Gasteiger partial charge on any atom is -0.369 e. The van der Waals surface area contributed by atoms with Crippen LogP contribution in [0.1, 0.15) is 10.4 Å². The molecule has 2 aromatic rings. The maximum Gasteiger partial charge on any atom is 0.251 e. The van der Waals surface area contributed by atoms with Gasteiger partial charge in [0.25, 0.3) is 5.91 Å². The predicted molar refractivity (Wildman–Crippen MR) is 115 cm³/mol. The first-order valence-electron chi connectivity index (χ1n) is 9.81. The first-order chi connectivity index (χ1) is 14.3. The number of carbonyl (C=O) groups excluding carboxylic acids is 1. The zero-order chi connectivity index (χ0) is 21.7. The van der Waals surface area contributed by atoms with E-state index < -0.39 is 10.0 Å². The SMILES string of the molecule is CN(C)S(=O)(=O)c1ccc(C(=O)NCCN2CCN(c3ccc(F)cc3)CC2)cc1. The number of rotatable bonds is 7. The number of carbonyl (C=O) groups is 1. The van der Waals surface area contributed by atoms with Gasteiger partial charge in [0.05, 0.1) is 4.90 Å². The topological polar surface area (TPSA) is 73.0 Å². The molecule has 7 nitrogen and oxygen atoms in total. The summed E-state index contributed by atoms with van der Waals surface area (Å²) in [6, 6.07) is 12.5. The van der Waals surface area contributed by atoms with Crippen LogP contribution in [0.25, 0.3) is 0 Å². The summed E-state index contributed by atoms with van der Waals surface area (Å²) in [5.41, 5.74) is 1.44. The summed E-state index contributed by atoms with van der Waals surface area (Å²) in [7, 11) is -0.570. The fraction of sp³-hybridized carbons (Fsp3) is 0.381. The zero-order valence-corrected chi connectivity index (χ0v) is 18.0. The molecular formula is C21H27FN4O3S. The second kappa shape index (κ2) is 9.55. The Morgan fingerprint density at radius 1 is 1.00 bits per heavy atom. The molecule has 0 aliphatic carbocycles. The molecule has 1 heterocycles. The highest BCUT2D eigenvalue weighted by molar-refractivity contribution is 7.89. The van der Waals surface area contributed by atoms with E-state index in [4.69, 9.17) is 0 Å².